The summed E-state index contributed by atoms with van der Waals surface area (Å²) in [7, 11) is 0. The number of fused-ring (bicyclic) bond motifs is 1. The van der Waals surface area contributed by atoms with E-state index in [2.05, 4.69) is 11.8 Å². The maximum absolute atomic E-state index is 14.4. The van der Waals surface area contributed by atoms with E-state index >= 15 is 0 Å². The van der Waals surface area contributed by atoms with Crippen LogP contribution in [0.1, 0.15) is 43.7 Å². The van der Waals surface area contributed by atoms with Crippen molar-refractivity contribution < 1.29 is 9.18 Å². The molecule has 0 bridgehead atoms. The number of pyridine rings is 1. The molecule has 204 valence electrons. The summed E-state index contributed by atoms with van der Waals surface area (Å²) in [5, 5.41) is 0. The lowest BCUT2D eigenvalue weighted by Crippen LogP contribution is -2.47. The second kappa shape index (κ2) is 11.9. The lowest BCUT2D eigenvalue weighted by molar-refractivity contribution is -0.122. The van der Waals surface area contributed by atoms with Crippen molar-refractivity contribution in [3.05, 3.63) is 74.8 Å². The van der Waals surface area contributed by atoms with Gasteiger partial charge in [0.2, 0.25) is 0 Å². The molecule has 1 aromatic carbocycles. The second-order valence-corrected chi connectivity index (χ2v) is 11.6. The van der Waals surface area contributed by atoms with Crippen LogP contribution in [0, 0.1) is 12.7 Å². The molecule has 2 aliphatic rings. The Morgan fingerprint density at radius 2 is 1.77 bits per heavy atom. The van der Waals surface area contributed by atoms with Crippen molar-refractivity contribution in [3.8, 4) is 0 Å². The lowest BCUT2D eigenvalue weighted by Gasteiger charge is -2.37. The monoisotopic (exact) mass is 565 g/mol. The first-order valence-electron chi connectivity index (χ1n) is 13.4. The predicted octanol–water partition coefficient (Wildman–Crippen LogP) is 5.25. The van der Waals surface area contributed by atoms with E-state index in [4.69, 9.17) is 17.2 Å². The molecule has 2 fully saturated rings. The summed E-state index contributed by atoms with van der Waals surface area (Å²) < 4.78 is 16.4. The Hall–Kier alpha value is -3.24. The Morgan fingerprint density at radius 3 is 2.51 bits per heavy atom. The summed E-state index contributed by atoms with van der Waals surface area (Å²) in [6, 6.07) is 10.5. The van der Waals surface area contributed by atoms with E-state index in [9.17, 15) is 14.0 Å². The number of carbonyl (C=O) groups excluding carboxylic acids is 1. The first-order valence-corrected chi connectivity index (χ1v) is 14.6. The molecule has 2 aromatic heterocycles. The summed E-state index contributed by atoms with van der Waals surface area (Å²) in [5.41, 5.74) is 2.18. The number of benzene rings is 1. The van der Waals surface area contributed by atoms with E-state index in [1.807, 2.05) is 30.0 Å². The van der Waals surface area contributed by atoms with Gasteiger partial charge < -0.3 is 9.80 Å². The fourth-order valence-corrected chi connectivity index (χ4v) is 6.29. The van der Waals surface area contributed by atoms with Gasteiger partial charge in [0, 0.05) is 38.9 Å². The van der Waals surface area contributed by atoms with Crippen molar-refractivity contribution in [3.63, 3.8) is 0 Å². The Kier molecular flexibility index (Phi) is 8.32. The summed E-state index contributed by atoms with van der Waals surface area (Å²) in [5.74, 6) is 0.122. The third kappa shape index (κ3) is 5.72. The van der Waals surface area contributed by atoms with Gasteiger partial charge >= 0.3 is 0 Å². The number of anilines is 2. The van der Waals surface area contributed by atoms with Crippen LogP contribution in [-0.2, 0) is 4.79 Å². The minimum atomic E-state index is -0.249. The largest absolute Gasteiger partial charge is 0.366 e. The predicted molar refractivity (Wildman–Crippen MR) is 161 cm³/mol. The number of piperazine rings is 1. The molecule has 0 atom stereocenters. The van der Waals surface area contributed by atoms with Gasteiger partial charge in [0.15, 0.2) is 0 Å². The van der Waals surface area contributed by atoms with Gasteiger partial charge in [-0.1, -0.05) is 68.4 Å². The molecule has 39 heavy (non-hydrogen) atoms. The zero-order valence-electron chi connectivity index (χ0n) is 22.2. The minimum Gasteiger partial charge on any atom is -0.366 e. The van der Waals surface area contributed by atoms with E-state index in [0.29, 0.717) is 64.7 Å². The first-order chi connectivity index (χ1) is 18.9. The van der Waals surface area contributed by atoms with Crippen LogP contribution in [0.3, 0.4) is 0 Å². The van der Waals surface area contributed by atoms with Gasteiger partial charge in [0.1, 0.15) is 21.6 Å². The van der Waals surface area contributed by atoms with Crippen molar-refractivity contribution >= 4 is 57.4 Å². The molecule has 0 aliphatic carbocycles. The molecule has 10 heteroatoms. The molecule has 7 nitrogen and oxygen atoms in total. The zero-order valence-corrected chi connectivity index (χ0v) is 23.9. The van der Waals surface area contributed by atoms with Gasteiger partial charge in [-0.05, 0) is 43.2 Å². The molecule has 0 spiro atoms. The van der Waals surface area contributed by atoms with Crippen molar-refractivity contribution in [2.24, 2.45) is 0 Å². The number of unbranched alkanes of at least 4 members (excludes halogenated alkanes) is 3. The van der Waals surface area contributed by atoms with Gasteiger partial charge in [0.05, 0.1) is 16.2 Å². The molecule has 0 saturated carbocycles. The lowest BCUT2D eigenvalue weighted by atomic mass is 10.2. The maximum Gasteiger partial charge on any atom is 0.267 e. The zero-order chi connectivity index (χ0) is 27.5. The third-order valence-electron chi connectivity index (χ3n) is 7.14. The molecule has 2 aliphatic heterocycles. The van der Waals surface area contributed by atoms with Crippen molar-refractivity contribution in [2.75, 3.05) is 42.5 Å². The third-order valence-corrected chi connectivity index (χ3v) is 8.52. The van der Waals surface area contributed by atoms with Crippen LogP contribution in [0.4, 0.5) is 15.9 Å². The number of rotatable bonds is 8. The normalized spacial score (nSPS) is 17.2. The number of aromatic nitrogens is 2. The molecule has 3 aromatic rings. The van der Waals surface area contributed by atoms with Crippen LogP contribution < -0.4 is 15.4 Å². The highest BCUT2D eigenvalue weighted by molar-refractivity contribution is 8.26. The Bertz CT molecular complexity index is 1500. The molecule has 5 rings (SSSR count). The second-order valence-electron chi connectivity index (χ2n) is 9.91. The molecule has 0 radical (unpaired) electrons. The van der Waals surface area contributed by atoms with E-state index in [-0.39, 0.29) is 17.3 Å². The van der Waals surface area contributed by atoms with Gasteiger partial charge in [-0.15, -0.1) is 0 Å². The number of carbonyl (C=O) groups is 1. The van der Waals surface area contributed by atoms with Crippen LogP contribution in [0.15, 0.2) is 52.3 Å². The highest BCUT2D eigenvalue weighted by Gasteiger charge is 2.33. The topological polar surface area (TPSA) is 61.2 Å². The Morgan fingerprint density at radius 1 is 1.03 bits per heavy atom. The smallest absolute Gasteiger partial charge is 0.267 e. The number of thioether (sulfide) groups is 1. The van der Waals surface area contributed by atoms with E-state index in [0.717, 1.165) is 31.2 Å². The standard InChI is InChI=1S/C29H32FN5O2S2/c1-3-4-5-8-13-34-28(37)24(39-29(34)38)18-21-26(31-25-12-11-20(2)19-35(25)27(21)36)33-16-14-32(15-17-33)23-10-7-6-9-22(23)30/h6-7,9-12,18-19H,3-5,8,13-17H2,1-2H3/b24-18-. The van der Waals surface area contributed by atoms with Crippen LogP contribution in [0.5, 0.6) is 0 Å². The van der Waals surface area contributed by atoms with Crippen LogP contribution in [0.2, 0.25) is 0 Å². The molecule has 4 heterocycles. The number of amides is 1. The average Bonchev–Trinajstić information content (AvgIpc) is 3.20. The summed E-state index contributed by atoms with van der Waals surface area (Å²) in [4.78, 5) is 38.1. The van der Waals surface area contributed by atoms with Crippen LogP contribution >= 0.6 is 24.0 Å². The highest BCUT2D eigenvalue weighted by Crippen LogP contribution is 2.34. The van der Waals surface area contributed by atoms with Gasteiger partial charge in [-0.25, -0.2) is 9.37 Å². The van der Waals surface area contributed by atoms with Crippen molar-refractivity contribution in [1.82, 2.24) is 14.3 Å². The van der Waals surface area contributed by atoms with Crippen LogP contribution in [0.25, 0.3) is 11.7 Å². The number of hydrogen-bond acceptors (Lipinski definition) is 7. The molecule has 0 N–H and O–H groups in total. The average molecular weight is 566 g/mol. The van der Waals surface area contributed by atoms with Crippen molar-refractivity contribution in [2.45, 2.75) is 39.5 Å². The summed E-state index contributed by atoms with van der Waals surface area (Å²) in [6.45, 7) is 6.93. The van der Waals surface area contributed by atoms with Crippen LogP contribution in [-0.4, -0.2) is 57.2 Å². The number of nitrogens with zero attached hydrogens (tertiary/aromatic N) is 5. The Balaban J connectivity index is 1.47. The van der Waals surface area contributed by atoms with Gasteiger partial charge in [-0.3, -0.25) is 18.9 Å². The SMILES string of the molecule is CCCCCCN1C(=O)/C(=C/c2c(N3CCN(c4ccccc4F)CC3)nc3ccc(C)cn3c2=O)SC1=S. The molecular weight excluding hydrogens is 533 g/mol. The highest BCUT2D eigenvalue weighted by atomic mass is 32.2. The fourth-order valence-electron chi connectivity index (χ4n) is 5.00. The number of aryl methyl sites for hydroxylation is 1. The number of para-hydroxylation sites is 1. The van der Waals surface area contributed by atoms with Gasteiger partial charge in [-0.2, -0.15) is 0 Å². The molecule has 0 unspecified atom stereocenters. The first kappa shape index (κ1) is 27.3. The Labute approximate surface area is 237 Å². The van der Waals surface area contributed by atoms with E-state index in [1.54, 1.807) is 29.3 Å². The quantitative estimate of drug-likeness (QED) is 0.210. The minimum absolute atomic E-state index is 0.162. The fraction of sp³-hybridized carbons (Fsp3) is 0.379. The summed E-state index contributed by atoms with van der Waals surface area (Å²) in [6.07, 6.45) is 7.61. The maximum atomic E-state index is 14.4. The van der Waals surface area contributed by atoms with Crippen molar-refractivity contribution in [1.29, 1.82) is 0 Å². The van der Waals surface area contributed by atoms with Gasteiger partial charge in [0.25, 0.3) is 11.5 Å². The number of thiocarbonyl (C=S) groups is 1. The molecular formula is C29H32FN5O2S2. The molecule has 2 saturated heterocycles. The number of hydrogen-bond donors (Lipinski definition) is 0. The number of halogens is 1. The van der Waals surface area contributed by atoms with E-state index < -0.39 is 0 Å². The molecule has 1 amide bonds. The van der Waals surface area contributed by atoms with E-state index in [1.165, 1.54) is 22.2 Å². The summed E-state index contributed by atoms with van der Waals surface area (Å²) >= 11 is 6.76.